The maximum absolute atomic E-state index is 5.68. The highest BCUT2D eigenvalue weighted by molar-refractivity contribution is 5.85. The molecule has 0 radical (unpaired) electrons. The van der Waals surface area contributed by atoms with Gasteiger partial charge in [-0.25, -0.2) is 9.97 Å². The van der Waals surface area contributed by atoms with Crippen molar-refractivity contribution in [2.75, 3.05) is 11.5 Å². The van der Waals surface area contributed by atoms with E-state index in [0.29, 0.717) is 17.2 Å². The lowest BCUT2D eigenvalue weighted by Gasteiger charge is -2.05. The fourth-order valence-corrected chi connectivity index (χ4v) is 1.50. The standard InChI is InChI=1S/C10H12N4/c1-5-3-6(2)13-10-7(5)4-8(11)9(12)14-10/h3-4H,11H2,1-2H3,(H2,12,13,14). The Kier molecular flexibility index (Phi) is 1.77. The molecule has 0 amide bonds. The number of hydrogen-bond donors (Lipinski definition) is 2. The zero-order chi connectivity index (χ0) is 10.3. The molecule has 2 aromatic rings. The van der Waals surface area contributed by atoms with Crippen molar-refractivity contribution in [2.45, 2.75) is 13.8 Å². The van der Waals surface area contributed by atoms with E-state index in [9.17, 15) is 0 Å². The zero-order valence-electron chi connectivity index (χ0n) is 8.20. The van der Waals surface area contributed by atoms with Crippen LogP contribution < -0.4 is 11.5 Å². The zero-order valence-corrected chi connectivity index (χ0v) is 8.20. The van der Waals surface area contributed by atoms with Gasteiger partial charge in [0.15, 0.2) is 5.65 Å². The molecule has 0 atom stereocenters. The minimum absolute atomic E-state index is 0.343. The van der Waals surface area contributed by atoms with Crippen LogP contribution in [0.2, 0.25) is 0 Å². The molecule has 14 heavy (non-hydrogen) atoms. The molecule has 0 spiro atoms. The summed E-state index contributed by atoms with van der Waals surface area (Å²) in [6.07, 6.45) is 0. The maximum atomic E-state index is 5.68. The van der Waals surface area contributed by atoms with Gasteiger partial charge >= 0.3 is 0 Å². The molecule has 0 aromatic carbocycles. The lowest BCUT2D eigenvalue weighted by Crippen LogP contribution is -2.00. The fraction of sp³-hybridized carbons (Fsp3) is 0.200. The van der Waals surface area contributed by atoms with Crippen LogP contribution in [0.3, 0.4) is 0 Å². The van der Waals surface area contributed by atoms with Crippen molar-refractivity contribution >= 4 is 22.5 Å². The SMILES string of the molecule is Cc1cc(C)c2cc(N)c(N)nc2n1. The second-order valence-corrected chi connectivity index (χ2v) is 3.41. The Morgan fingerprint density at radius 2 is 1.79 bits per heavy atom. The van der Waals surface area contributed by atoms with Gasteiger partial charge in [-0.1, -0.05) is 0 Å². The minimum atomic E-state index is 0.343. The van der Waals surface area contributed by atoms with Crippen molar-refractivity contribution in [3.05, 3.63) is 23.4 Å². The number of aryl methyl sites for hydroxylation is 2. The Labute approximate surface area is 82.0 Å². The van der Waals surface area contributed by atoms with Crippen LogP contribution in [0.1, 0.15) is 11.3 Å². The van der Waals surface area contributed by atoms with Crippen LogP contribution in [0.25, 0.3) is 11.0 Å². The first-order valence-electron chi connectivity index (χ1n) is 4.38. The predicted molar refractivity (Wildman–Crippen MR) is 57.8 cm³/mol. The highest BCUT2D eigenvalue weighted by Crippen LogP contribution is 2.21. The van der Waals surface area contributed by atoms with Gasteiger partial charge in [-0.05, 0) is 31.5 Å². The predicted octanol–water partition coefficient (Wildman–Crippen LogP) is 1.41. The van der Waals surface area contributed by atoms with Gasteiger partial charge in [-0.3, -0.25) is 0 Å². The van der Waals surface area contributed by atoms with E-state index in [2.05, 4.69) is 9.97 Å². The molecule has 2 rings (SSSR count). The number of rotatable bonds is 0. The van der Waals surface area contributed by atoms with E-state index in [-0.39, 0.29) is 0 Å². The third kappa shape index (κ3) is 1.25. The number of nitrogens with zero attached hydrogens (tertiary/aromatic N) is 2. The van der Waals surface area contributed by atoms with E-state index in [0.717, 1.165) is 16.6 Å². The largest absolute Gasteiger partial charge is 0.396 e. The second kappa shape index (κ2) is 2.83. The molecular formula is C10H12N4. The van der Waals surface area contributed by atoms with E-state index >= 15 is 0 Å². The van der Waals surface area contributed by atoms with E-state index in [4.69, 9.17) is 11.5 Å². The summed E-state index contributed by atoms with van der Waals surface area (Å²) < 4.78 is 0. The molecule has 0 fully saturated rings. The normalized spacial score (nSPS) is 10.7. The van der Waals surface area contributed by atoms with Gasteiger partial charge in [-0.2, -0.15) is 0 Å². The van der Waals surface area contributed by atoms with Crippen LogP contribution >= 0.6 is 0 Å². The third-order valence-corrected chi connectivity index (χ3v) is 2.20. The van der Waals surface area contributed by atoms with Crippen LogP contribution in [0.5, 0.6) is 0 Å². The molecule has 0 bridgehead atoms. The Morgan fingerprint density at radius 3 is 2.50 bits per heavy atom. The lowest BCUT2D eigenvalue weighted by atomic mass is 10.1. The fourth-order valence-electron chi connectivity index (χ4n) is 1.50. The van der Waals surface area contributed by atoms with Gasteiger partial charge in [-0.15, -0.1) is 0 Å². The molecule has 4 heteroatoms. The molecule has 0 aliphatic rings. The van der Waals surface area contributed by atoms with E-state index in [1.165, 1.54) is 0 Å². The van der Waals surface area contributed by atoms with E-state index in [1.54, 1.807) is 0 Å². The Balaban J connectivity index is 2.89. The minimum Gasteiger partial charge on any atom is -0.396 e. The first kappa shape index (κ1) is 8.74. The van der Waals surface area contributed by atoms with Crippen molar-refractivity contribution in [3.8, 4) is 0 Å². The highest BCUT2D eigenvalue weighted by Gasteiger charge is 2.04. The van der Waals surface area contributed by atoms with E-state index < -0.39 is 0 Å². The summed E-state index contributed by atoms with van der Waals surface area (Å²) in [5, 5.41) is 0.960. The Bertz CT molecular complexity index is 505. The van der Waals surface area contributed by atoms with Crippen LogP contribution in [-0.2, 0) is 0 Å². The van der Waals surface area contributed by atoms with Crippen molar-refractivity contribution in [1.29, 1.82) is 0 Å². The van der Waals surface area contributed by atoms with Crippen molar-refractivity contribution in [3.63, 3.8) is 0 Å². The third-order valence-electron chi connectivity index (χ3n) is 2.20. The first-order valence-corrected chi connectivity index (χ1v) is 4.38. The quantitative estimate of drug-likeness (QED) is 0.655. The second-order valence-electron chi connectivity index (χ2n) is 3.41. The lowest BCUT2D eigenvalue weighted by molar-refractivity contribution is 1.19. The maximum Gasteiger partial charge on any atom is 0.162 e. The molecule has 2 heterocycles. The van der Waals surface area contributed by atoms with Crippen LogP contribution in [0.4, 0.5) is 11.5 Å². The molecule has 2 aromatic heterocycles. The topological polar surface area (TPSA) is 77.8 Å². The number of nitrogen functional groups attached to an aromatic ring is 2. The Morgan fingerprint density at radius 1 is 1.07 bits per heavy atom. The average Bonchev–Trinajstić information content (AvgIpc) is 2.08. The number of hydrogen-bond acceptors (Lipinski definition) is 4. The van der Waals surface area contributed by atoms with Gasteiger partial charge in [0.2, 0.25) is 0 Å². The molecule has 0 saturated carbocycles. The Hall–Kier alpha value is -1.84. The van der Waals surface area contributed by atoms with Crippen LogP contribution in [-0.4, -0.2) is 9.97 Å². The molecule has 4 N–H and O–H groups in total. The number of anilines is 2. The summed E-state index contributed by atoms with van der Waals surface area (Å²) >= 11 is 0. The molecule has 0 aliphatic carbocycles. The first-order chi connectivity index (χ1) is 6.58. The summed E-state index contributed by atoms with van der Waals surface area (Å²) in [6.45, 7) is 3.94. The van der Waals surface area contributed by atoms with E-state index in [1.807, 2.05) is 26.0 Å². The summed E-state index contributed by atoms with van der Waals surface area (Å²) in [4.78, 5) is 8.43. The molecule has 0 aliphatic heterocycles. The summed E-state index contributed by atoms with van der Waals surface area (Å²) in [5.74, 6) is 0.343. The van der Waals surface area contributed by atoms with Crippen molar-refractivity contribution in [2.24, 2.45) is 0 Å². The monoisotopic (exact) mass is 188 g/mol. The molecular weight excluding hydrogens is 176 g/mol. The summed E-state index contributed by atoms with van der Waals surface area (Å²) in [5.41, 5.74) is 14.5. The molecule has 0 unspecified atom stereocenters. The van der Waals surface area contributed by atoms with Gasteiger partial charge in [0, 0.05) is 11.1 Å². The van der Waals surface area contributed by atoms with Gasteiger partial charge in [0.05, 0.1) is 5.69 Å². The van der Waals surface area contributed by atoms with Crippen LogP contribution in [0.15, 0.2) is 12.1 Å². The number of aromatic nitrogens is 2. The number of fused-ring (bicyclic) bond motifs is 1. The summed E-state index contributed by atoms with van der Waals surface area (Å²) in [7, 11) is 0. The van der Waals surface area contributed by atoms with Gasteiger partial charge < -0.3 is 11.5 Å². The van der Waals surface area contributed by atoms with Gasteiger partial charge in [0.25, 0.3) is 0 Å². The van der Waals surface area contributed by atoms with Crippen molar-refractivity contribution in [1.82, 2.24) is 9.97 Å². The highest BCUT2D eigenvalue weighted by atomic mass is 14.9. The van der Waals surface area contributed by atoms with Gasteiger partial charge in [0.1, 0.15) is 5.82 Å². The average molecular weight is 188 g/mol. The summed E-state index contributed by atoms with van der Waals surface area (Å²) in [6, 6.07) is 3.82. The van der Waals surface area contributed by atoms with Crippen molar-refractivity contribution < 1.29 is 0 Å². The number of nitrogens with two attached hydrogens (primary N) is 2. The molecule has 72 valence electrons. The smallest absolute Gasteiger partial charge is 0.162 e. The number of pyridine rings is 2. The van der Waals surface area contributed by atoms with Crippen LogP contribution in [0, 0.1) is 13.8 Å². The molecule has 4 nitrogen and oxygen atoms in total. The molecule has 0 saturated heterocycles.